The number of ether oxygens (including phenoxy) is 2. The topological polar surface area (TPSA) is 59.9 Å². The Morgan fingerprint density at radius 1 is 1.08 bits per heavy atom. The lowest BCUT2D eigenvalue weighted by Gasteiger charge is -2.17. The molecule has 0 bridgehead atoms. The summed E-state index contributed by atoms with van der Waals surface area (Å²) in [7, 11) is 0. The lowest BCUT2D eigenvalue weighted by atomic mass is 10.1. The molecule has 1 N–H and O–H groups in total. The maximum atomic E-state index is 12.9. The molecule has 3 rings (SSSR count). The predicted octanol–water partition coefficient (Wildman–Crippen LogP) is 7.48. The van der Waals surface area contributed by atoms with E-state index < -0.39 is 17.6 Å². The maximum Gasteiger partial charge on any atom is 0.416 e. The van der Waals surface area contributed by atoms with Crippen LogP contribution in [0.15, 0.2) is 72.4 Å². The van der Waals surface area contributed by atoms with Gasteiger partial charge in [-0.05, 0) is 61.4 Å². The standard InChI is InChI=1S/C27H23Cl2F3N2O3/c1-3-6-18-11-17(15-33-34-26(35)19-7-5-8-21(13-19)27(30,31)32)12-24(36-4-2)25(18)37-16-20-9-10-22(28)14-23(20)29/h3,5,7-15H,1,4,6,16H2,2H3,(H,34,35)/b33-15+. The molecule has 0 atom stereocenters. The second-order valence-corrected chi connectivity index (χ2v) is 8.58. The monoisotopic (exact) mass is 550 g/mol. The molecule has 194 valence electrons. The van der Waals surface area contributed by atoms with Gasteiger partial charge in [-0.15, -0.1) is 6.58 Å². The molecule has 0 saturated heterocycles. The molecular weight excluding hydrogens is 528 g/mol. The van der Waals surface area contributed by atoms with E-state index in [2.05, 4.69) is 17.1 Å². The van der Waals surface area contributed by atoms with E-state index >= 15 is 0 Å². The van der Waals surface area contributed by atoms with Crippen LogP contribution in [-0.2, 0) is 19.2 Å². The summed E-state index contributed by atoms with van der Waals surface area (Å²) in [5.41, 5.74) is 3.21. The molecule has 3 aromatic rings. The molecule has 0 aliphatic rings. The number of nitrogens with one attached hydrogen (secondary N) is 1. The van der Waals surface area contributed by atoms with Crippen LogP contribution >= 0.6 is 23.2 Å². The Bertz CT molecular complexity index is 1310. The Labute approximate surface area is 222 Å². The van der Waals surface area contributed by atoms with Crippen molar-refractivity contribution in [3.63, 3.8) is 0 Å². The number of allylic oxidation sites excluding steroid dienone is 1. The molecule has 0 aliphatic heterocycles. The van der Waals surface area contributed by atoms with Crippen LogP contribution in [0.5, 0.6) is 11.5 Å². The molecule has 37 heavy (non-hydrogen) atoms. The van der Waals surface area contributed by atoms with Crippen LogP contribution in [0, 0.1) is 0 Å². The maximum absolute atomic E-state index is 12.9. The van der Waals surface area contributed by atoms with E-state index in [1.165, 1.54) is 12.3 Å². The highest BCUT2D eigenvalue weighted by Crippen LogP contribution is 2.35. The molecule has 0 saturated carbocycles. The summed E-state index contributed by atoms with van der Waals surface area (Å²) in [4.78, 5) is 12.3. The number of nitrogens with zero attached hydrogens (tertiary/aromatic N) is 1. The smallest absolute Gasteiger partial charge is 0.416 e. The van der Waals surface area contributed by atoms with Crippen LogP contribution in [0.2, 0.25) is 10.0 Å². The van der Waals surface area contributed by atoms with Crippen LogP contribution in [-0.4, -0.2) is 18.7 Å². The molecule has 0 radical (unpaired) electrons. The number of hydrogen-bond donors (Lipinski definition) is 1. The number of carbonyl (C=O) groups excluding carboxylic acids is 1. The lowest BCUT2D eigenvalue weighted by Crippen LogP contribution is -2.18. The van der Waals surface area contributed by atoms with Crippen LogP contribution in [0.4, 0.5) is 13.2 Å². The van der Waals surface area contributed by atoms with E-state index in [9.17, 15) is 18.0 Å². The van der Waals surface area contributed by atoms with Crippen molar-refractivity contribution in [1.82, 2.24) is 5.43 Å². The summed E-state index contributed by atoms with van der Waals surface area (Å²) in [6, 6.07) is 12.7. The van der Waals surface area contributed by atoms with Gasteiger partial charge in [0.25, 0.3) is 5.91 Å². The summed E-state index contributed by atoms with van der Waals surface area (Å²) in [5, 5.41) is 4.88. The van der Waals surface area contributed by atoms with Crippen molar-refractivity contribution >= 4 is 35.3 Å². The Kier molecular flexibility index (Phi) is 9.60. The predicted molar refractivity (Wildman–Crippen MR) is 139 cm³/mol. The first-order valence-electron chi connectivity index (χ1n) is 11.1. The zero-order chi connectivity index (χ0) is 27.0. The van der Waals surface area contributed by atoms with Crippen LogP contribution < -0.4 is 14.9 Å². The molecule has 3 aromatic carbocycles. The number of hydrazone groups is 1. The van der Waals surface area contributed by atoms with Gasteiger partial charge in [0.15, 0.2) is 11.5 Å². The van der Waals surface area contributed by atoms with Crippen molar-refractivity contribution < 1.29 is 27.4 Å². The third-order valence-electron chi connectivity index (χ3n) is 5.04. The van der Waals surface area contributed by atoms with Gasteiger partial charge in [-0.3, -0.25) is 4.79 Å². The molecule has 10 heteroatoms. The molecule has 0 fully saturated rings. The van der Waals surface area contributed by atoms with Crippen molar-refractivity contribution in [2.75, 3.05) is 6.61 Å². The average Bonchev–Trinajstić information content (AvgIpc) is 2.84. The van der Waals surface area contributed by atoms with Gasteiger partial charge in [-0.1, -0.05) is 41.4 Å². The molecule has 0 aliphatic carbocycles. The van der Waals surface area contributed by atoms with Crippen LogP contribution in [0.3, 0.4) is 0 Å². The Morgan fingerprint density at radius 3 is 2.54 bits per heavy atom. The average molecular weight is 551 g/mol. The van der Waals surface area contributed by atoms with Gasteiger partial charge in [-0.25, -0.2) is 5.43 Å². The number of hydrogen-bond acceptors (Lipinski definition) is 4. The molecule has 0 spiro atoms. The minimum Gasteiger partial charge on any atom is -0.490 e. The summed E-state index contributed by atoms with van der Waals surface area (Å²) in [5.74, 6) is 0.161. The molecule has 1 amide bonds. The van der Waals surface area contributed by atoms with Crippen molar-refractivity contribution in [2.24, 2.45) is 5.10 Å². The minimum absolute atomic E-state index is 0.167. The van der Waals surface area contributed by atoms with E-state index in [1.54, 1.807) is 36.4 Å². The van der Waals surface area contributed by atoms with E-state index in [1.807, 2.05) is 6.92 Å². The molecule has 0 unspecified atom stereocenters. The first-order chi connectivity index (χ1) is 17.6. The largest absolute Gasteiger partial charge is 0.490 e. The van der Waals surface area contributed by atoms with Gasteiger partial charge in [-0.2, -0.15) is 18.3 Å². The number of halogens is 5. The van der Waals surface area contributed by atoms with Crippen molar-refractivity contribution in [3.8, 4) is 11.5 Å². The normalized spacial score (nSPS) is 11.4. The number of carbonyl (C=O) groups is 1. The second-order valence-electron chi connectivity index (χ2n) is 7.74. The van der Waals surface area contributed by atoms with E-state index in [4.69, 9.17) is 32.7 Å². The molecule has 0 aromatic heterocycles. The fourth-order valence-corrected chi connectivity index (χ4v) is 3.81. The first-order valence-corrected chi connectivity index (χ1v) is 11.9. The zero-order valence-electron chi connectivity index (χ0n) is 19.7. The van der Waals surface area contributed by atoms with Crippen molar-refractivity contribution in [1.29, 1.82) is 0 Å². The Hall–Kier alpha value is -3.49. The quantitative estimate of drug-likeness (QED) is 0.162. The molecule has 0 heterocycles. The van der Waals surface area contributed by atoms with Gasteiger partial charge < -0.3 is 9.47 Å². The summed E-state index contributed by atoms with van der Waals surface area (Å²) < 4.78 is 50.6. The van der Waals surface area contributed by atoms with E-state index in [-0.39, 0.29) is 12.2 Å². The fraction of sp³-hybridized carbons (Fsp3) is 0.185. The van der Waals surface area contributed by atoms with Crippen molar-refractivity contribution in [3.05, 3.63) is 105 Å². The summed E-state index contributed by atoms with van der Waals surface area (Å²) in [6.45, 7) is 6.13. The third kappa shape index (κ3) is 7.74. The highest BCUT2D eigenvalue weighted by Gasteiger charge is 2.30. The highest BCUT2D eigenvalue weighted by atomic mass is 35.5. The fourth-order valence-electron chi connectivity index (χ4n) is 3.35. The summed E-state index contributed by atoms with van der Waals surface area (Å²) >= 11 is 12.2. The van der Waals surface area contributed by atoms with Gasteiger partial charge in [0.2, 0.25) is 0 Å². The number of benzene rings is 3. The molecular formula is C27H23Cl2F3N2O3. The Morgan fingerprint density at radius 2 is 1.86 bits per heavy atom. The lowest BCUT2D eigenvalue weighted by molar-refractivity contribution is -0.137. The van der Waals surface area contributed by atoms with Crippen molar-refractivity contribution in [2.45, 2.75) is 26.1 Å². The van der Waals surface area contributed by atoms with Gasteiger partial charge >= 0.3 is 6.18 Å². The minimum atomic E-state index is -4.56. The molecule has 5 nitrogen and oxygen atoms in total. The first kappa shape index (κ1) is 28.1. The SMILES string of the molecule is C=CCc1cc(/C=N/NC(=O)c2cccc(C(F)(F)F)c2)cc(OCC)c1OCc1ccc(Cl)cc1Cl. The zero-order valence-corrected chi connectivity index (χ0v) is 21.3. The number of rotatable bonds is 10. The highest BCUT2D eigenvalue weighted by molar-refractivity contribution is 6.35. The van der Waals surface area contributed by atoms with E-state index in [0.717, 1.165) is 29.3 Å². The number of amides is 1. The van der Waals surface area contributed by atoms with E-state index in [0.29, 0.717) is 40.1 Å². The van der Waals surface area contributed by atoms with Gasteiger partial charge in [0.1, 0.15) is 6.61 Å². The summed E-state index contributed by atoms with van der Waals surface area (Å²) in [6.07, 6.45) is -1.05. The van der Waals surface area contributed by atoms with Crippen LogP contribution in [0.1, 0.15) is 39.5 Å². The second kappa shape index (κ2) is 12.7. The van der Waals surface area contributed by atoms with Gasteiger partial charge in [0.05, 0.1) is 18.4 Å². The van der Waals surface area contributed by atoms with Gasteiger partial charge in [0, 0.05) is 26.7 Å². The number of alkyl halides is 3. The third-order valence-corrected chi connectivity index (χ3v) is 5.62. The van der Waals surface area contributed by atoms with Crippen LogP contribution in [0.25, 0.3) is 0 Å². The Balaban J connectivity index is 1.81.